The second kappa shape index (κ2) is 5.14. The molecule has 0 heterocycles. The van der Waals surface area contributed by atoms with Gasteiger partial charge < -0.3 is 0 Å². The summed E-state index contributed by atoms with van der Waals surface area (Å²) in [6.07, 6.45) is 0.274. The van der Waals surface area contributed by atoms with Crippen LogP contribution in [0.25, 0.3) is 0 Å². The number of halogens is 3. The lowest BCUT2D eigenvalue weighted by molar-refractivity contribution is 0.461. The maximum Gasteiger partial charge on any atom is 0.133 e. The Labute approximate surface area is 91.9 Å². The van der Waals surface area contributed by atoms with E-state index in [2.05, 4.69) is 12.0 Å². The van der Waals surface area contributed by atoms with Gasteiger partial charge in [0.25, 0.3) is 0 Å². The van der Waals surface area contributed by atoms with E-state index in [0.29, 0.717) is 17.7 Å². The average molecular weight is 230 g/mol. The van der Waals surface area contributed by atoms with Crippen LogP contribution in [-0.2, 0) is 0 Å². The monoisotopic (exact) mass is 230 g/mol. The second-order valence-electron chi connectivity index (χ2n) is 3.66. The first-order valence-corrected chi connectivity index (χ1v) is 4.70. The Balaban J connectivity index is 3.14. The van der Waals surface area contributed by atoms with Crippen LogP contribution in [0.3, 0.4) is 0 Å². The van der Waals surface area contributed by atoms with Crippen molar-refractivity contribution in [1.29, 1.82) is 0 Å². The van der Waals surface area contributed by atoms with Gasteiger partial charge in [-0.15, -0.1) is 6.58 Å². The molecule has 3 N–H and O–H groups in total. The minimum Gasteiger partial charge on any atom is -0.271 e. The van der Waals surface area contributed by atoms with Crippen molar-refractivity contribution in [2.45, 2.75) is 19.4 Å². The number of nitrogens with one attached hydrogen (secondary N) is 1. The number of hydrogen-bond acceptors (Lipinski definition) is 2. The molecule has 0 fully saturated rings. The minimum atomic E-state index is -0.957. The fourth-order valence-corrected chi connectivity index (χ4v) is 1.48. The first kappa shape index (κ1) is 12.7. The van der Waals surface area contributed by atoms with Crippen molar-refractivity contribution in [2.75, 3.05) is 0 Å². The fourth-order valence-electron chi connectivity index (χ4n) is 1.48. The molecular formula is C11H13F3N2. The summed E-state index contributed by atoms with van der Waals surface area (Å²) in [4.78, 5) is 0. The molecule has 1 atom stereocenters. The highest BCUT2D eigenvalue weighted by Crippen LogP contribution is 2.25. The smallest absolute Gasteiger partial charge is 0.133 e. The lowest BCUT2D eigenvalue weighted by Gasteiger charge is -2.17. The normalized spacial score (nSPS) is 12.6. The van der Waals surface area contributed by atoms with Crippen LogP contribution in [-0.4, -0.2) is 0 Å². The first-order valence-electron chi connectivity index (χ1n) is 4.70. The molecule has 0 amide bonds. The molecule has 5 heteroatoms. The van der Waals surface area contributed by atoms with E-state index < -0.39 is 23.5 Å². The summed E-state index contributed by atoms with van der Waals surface area (Å²) >= 11 is 0. The molecule has 0 radical (unpaired) electrons. The van der Waals surface area contributed by atoms with Gasteiger partial charge in [0.05, 0.1) is 6.04 Å². The molecule has 0 saturated heterocycles. The molecular weight excluding hydrogens is 217 g/mol. The molecule has 1 rings (SSSR count). The number of hydrogen-bond donors (Lipinski definition) is 2. The Hall–Kier alpha value is -1.33. The quantitative estimate of drug-likeness (QED) is 0.474. The topological polar surface area (TPSA) is 38.0 Å². The summed E-state index contributed by atoms with van der Waals surface area (Å²) in [5.74, 6) is 2.34. The Bertz CT molecular complexity index is 381. The summed E-state index contributed by atoms with van der Waals surface area (Å²) in [7, 11) is 0. The summed E-state index contributed by atoms with van der Waals surface area (Å²) in [5.41, 5.74) is 2.73. The molecule has 0 aliphatic rings. The van der Waals surface area contributed by atoms with E-state index >= 15 is 0 Å². The number of benzene rings is 1. The van der Waals surface area contributed by atoms with Crippen molar-refractivity contribution in [3.8, 4) is 0 Å². The first-order chi connectivity index (χ1) is 7.45. The lowest BCUT2D eigenvalue weighted by Crippen LogP contribution is -2.29. The van der Waals surface area contributed by atoms with Gasteiger partial charge in [0.15, 0.2) is 0 Å². The van der Waals surface area contributed by atoms with Crippen molar-refractivity contribution in [3.05, 3.63) is 47.3 Å². The van der Waals surface area contributed by atoms with Crippen LogP contribution in [0.4, 0.5) is 13.2 Å². The molecule has 0 aliphatic carbocycles. The second-order valence-corrected chi connectivity index (χ2v) is 3.66. The molecule has 16 heavy (non-hydrogen) atoms. The van der Waals surface area contributed by atoms with Crippen LogP contribution < -0.4 is 11.3 Å². The average Bonchev–Trinajstić information content (AvgIpc) is 2.13. The van der Waals surface area contributed by atoms with Gasteiger partial charge in [-0.1, -0.05) is 5.57 Å². The standard InChI is InChI=1S/C11H13F3N2/c1-6(2)3-10(16-15)11-8(13)4-7(12)5-9(11)14/h4-5,10,16H,1,3,15H2,2H3. The molecule has 0 bridgehead atoms. The van der Waals surface area contributed by atoms with Gasteiger partial charge in [-0.3, -0.25) is 11.3 Å². The van der Waals surface area contributed by atoms with Crippen molar-refractivity contribution in [3.63, 3.8) is 0 Å². The third kappa shape index (κ3) is 2.84. The maximum absolute atomic E-state index is 13.4. The molecule has 1 unspecified atom stereocenters. The van der Waals surface area contributed by atoms with E-state index in [9.17, 15) is 13.2 Å². The molecule has 0 aliphatic heterocycles. The van der Waals surface area contributed by atoms with Gasteiger partial charge in [-0.05, 0) is 13.3 Å². The highest BCUT2D eigenvalue weighted by atomic mass is 19.1. The summed E-state index contributed by atoms with van der Waals surface area (Å²) in [6.45, 7) is 5.34. The van der Waals surface area contributed by atoms with Gasteiger partial charge >= 0.3 is 0 Å². The zero-order valence-corrected chi connectivity index (χ0v) is 8.86. The van der Waals surface area contributed by atoms with Gasteiger partial charge in [0.1, 0.15) is 17.5 Å². The van der Waals surface area contributed by atoms with Crippen molar-refractivity contribution >= 4 is 0 Å². The zero-order chi connectivity index (χ0) is 12.3. The molecule has 2 nitrogen and oxygen atoms in total. The number of hydrazine groups is 1. The Morgan fingerprint density at radius 3 is 2.25 bits per heavy atom. The predicted octanol–water partition coefficient (Wildman–Crippen LogP) is 2.57. The van der Waals surface area contributed by atoms with E-state index in [1.165, 1.54) is 0 Å². The third-order valence-corrected chi connectivity index (χ3v) is 2.15. The molecule has 88 valence electrons. The third-order valence-electron chi connectivity index (χ3n) is 2.15. The van der Waals surface area contributed by atoms with Crippen LogP contribution in [0.5, 0.6) is 0 Å². The minimum absolute atomic E-state index is 0.271. The van der Waals surface area contributed by atoms with Crippen LogP contribution in [0.2, 0.25) is 0 Å². The Morgan fingerprint density at radius 1 is 1.38 bits per heavy atom. The Kier molecular flexibility index (Phi) is 4.09. The van der Waals surface area contributed by atoms with E-state index in [1.54, 1.807) is 6.92 Å². The maximum atomic E-state index is 13.4. The highest BCUT2D eigenvalue weighted by Gasteiger charge is 2.20. The predicted molar refractivity (Wildman–Crippen MR) is 55.8 cm³/mol. The van der Waals surface area contributed by atoms with Crippen LogP contribution >= 0.6 is 0 Å². The lowest BCUT2D eigenvalue weighted by atomic mass is 10.00. The summed E-state index contributed by atoms with van der Waals surface area (Å²) in [5, 5.41) is 0. The Morgan fingerprint density at radius 2 is 1.88 bits per heavy atom. The van der Waals surface area contributed by atoms with E-state index in [1.807, 2.05) is 0 Å². The van der Waals surface area contributed by atoms with Crippen LogP contribution in [0.1, 0.15) is 24.9 Å². The van der Waals surface area contributed by atoms with Crippen molar-refractivity contribution in [2.24, 2.45) is 5.84 Å². The van der Waals surface area contributed by atoms with Crippen molar-refractivity contribution < 1.29 is 13.2 Å². The number of nitrogens with two attached hydrogens (primary N) is 1. The van der Waals surface area contributed by atoms with Gasteiger partial charge in [-0.2, -0.15) is 0 Å². The SMILES string of the molecule is C=C(C)CC(NN)c1c(F)cc(F)cc1F. The van der Waals surface area contributed by atoms with Crippen molar-refractivity contribution in [1.82, 2.24) is 5.43 Å². The largest absolute Gasteiger partial charge is 0.271 e. The van der Waals surface area contributed by atoms with E-state index in [0.717, 1.165) is 0 Å². The molecule has 0 saturated carbocycles. The summed E-state index contributed by atoms with van der Waals surface area (Å²) < 4.78 is 39.5. The zero-order valence-electron chi connectivity index (χ0n) is 8.86. The van der Waals surface area contributed by atoms with Gasteiger partial charge in [-0.25, -0.2) is 13.2 Å². The molecule has 0 aromatic heterocycles. The molecule has 1 aromatic rings. The number of rotatable bonds is 4. The van der Waals surface area contributed by atoms with Crippen LogP contribution in [0, 0.1) is 17.5 Å². The van der Waals surface area contributed by atoms with Gasteiger partial charge in [0.2, 0.25) is 0 Å². The molecule has 1 aromatic carbocycles. The molecule has 0 spiro atoms. The fraction of sp³-hybridized carbons (Fsp3) is 0.273. The van der Waals surface area contributed by atoms with Crippen LogP contribution in [0.15, 0.2) is 24.3 Å². The van der Waals surface area contributed by atoms with E-state index in [4.69, 9.17) is 5.84 Å². The van der Waals surface area contributed by atoms with E-state index in [-0.39, 0.29) is 12.0 Å². The highest BCUT2D eigenvalue weighted by molar-refractivity contribution is 5.25. The van der Waals surface area contributed by atoms with Gasteiger partial charge in [0, 0.05) is 17.7 Å². The summed E-state index contributed by atoms with van der Waals surface area (Å²) in [6, 6.07) is 0.501.